The van der Waals surface area contributed by atoms with E-state index < -0.39 is 17.6 Å². The van der Waals surface area contributed by atoms with Gasteiger partial charge in [-0.25, -0.2) is 4.39 Å². The van der Waals surface area contributed by atoms with Crippen molar-refractivity contribution in [3.8, 4) is 0 Å². The lowest BCUT2D eigenvalue weighted by molar-refractivity contribution is -0.138. The van der Waals surface area contributed by atoms with Crippen molar-refractivity contribution in [2.45, 2.75) is 38.5 Å². The van der Waals surface area contributed by atoms with Crippen molar-refractivity contribution < 1.29 is 22.3 Å². The summed E-state index contributed by atoms with van der Waals surface area (Å²) in [6, 6.07) is 2.72. The van der Waals surface area contributed by atoms with Crippen LogP contribution in [0.3, 0.4) is 0 Å². The molecule has 0 bridgehead atoms. The van der Waals surface area contributed by atoms with Crippen LogP contribution in [0.4, 0.5) is 17.6 Å². The lowest BCUT2D eigenvalue weighted by Crippen LogP contribution is -2.33. The third kappa shape index (κ3) is 5.09. The van der Waals surface area contributed by atoms with Crippen molar-refractivity contribution in [2.24, 2.45) is 0 Å². The summed E-state index contributed by atoms with van der Waals surface area (Å²) >= 11 is 0. The Morgan fingerprint density at radius 3 is 2.55 bits per heavy atom. The van der Waals surface area contributed by atoms with Crippen molar-refractivity contribution in [3.63, 3.8) is 0 Å². The fourth-order valence-corrected chi connectivity index (χ4v) is 2.01. The predicted octanol–water partition coefficient (Wildman–Crippen LogP) is 3.75. The molecule has 2 nitrogen and oxygen atoms in total. The highest BCUT2D eigenvalue weighted by Crippen LogP contribution is 2.32. The van der Waals surface area contributed by atoms with Crippen LogP contribution in [0, 0.1) is 5.82 Å². The van der Waals surface area contributed by atoms with Crippen LogP contribution in [-0.2, 0) is 17.5 Å². The van der Waals surface area contributed by atoms with Crippen molar-refractivity contribution in [1.29, 1.82) is 0 Å². The molecule has 0 saturated carbocycles. The zero-order valence-electron chi connectivity index (χ0n) is 11.6. The molecule has 0 radical (unpaired) electrons. The van der Waals surface area contributed by atoms with E-state index in [9.17, 15) is 17.6 Å². The van der Waals surface area contributed by atoms with E-state index in [1.165, 1.54) is 6.07 Å². The summed E-state index contributed by atoms with van der Waals surface area (Å²) in [4.78, 5) is 0. The lowest BCUT2D eigenvalue weighted by Gasteiger charge is -2.19. The maximum absolute atomic E-state index is 13.0. The summed E-state index contributed by atoms with van der Waals surface area (Å²) < 4.78 is 56.5. The first-order valence-electron chi connectivity index (χ1n) is 6.46. The van der Waals surface area contributed by atoms with E-state index in [2.05, 4.69) is 5.32 Å². The summed E-state index contributed by atoms with van der Waals surface area (Å²) in [5.74, 6) is -0.886. The van der Waals surface area contributed by atoms with Crippen molar-refractivity contribution >= 4 is 0 Å². The van der Waals surface area contributed by atoms with Crippen LogP contribution in [-0.4, -0.2) is 19.8 Å². The Labute approximate surface area is 116 Å². The minimum atomic E-state index is -4.55. The Hall–Kier alpha value is -1.14. The molecule has 6 heteroatoms. The fourth-order valence-electron chi connectivity index (χ4n) is 2.01. The van der Waals surface area contributed by atoms with Gasteiger partial charge in [-0.2, -0.15) is 13.2 Å². The molecule has 0 amide bonds. The van der Waals surface area contributed by atoms with Gasteiger partial charge in [0, 0.05) is 19.7 Å². The van der Waals surface area contributed by atoms with Gasteiger partial charge in [-0.05, 0) is 24.1 Å². The maximum atomic E-state index is 13.0. The largest absolute Gasteiger partial charge is 0.416 e. The molecule has 0 aliphatic heterocycles. The number of rotatable bonds is 7. The topological polar surface area (TPSA) is 21.3 Å². The first-order valence-corrected chi connectivity index (χ1v) is 6.46. The van der Waals surface area contributed by atoms with E-state index in [1.54, 1.807) is 7.11 Å². The second kappa shape index (κ2) is 7.59. The summed E-state index contributed by atoms with van der Waals surface area (Å²) in [6.45, 7) is 2.45. The van der Waals surface area contributed by atoms with E-state index >= 15 is 0 Å². The second-order valence-electron chi connectivity index (χ2n) is 4.62. The lowest BCUT2D eigenvalue weighted by atomic mass is 10.1. The molecule has 1 N–H and O–H groups in total. The fraction of sp³-hybridized carbons (Fsp3) is 0.571. The van der Waals surface area contributed by atoms with Gasteiger partial charge in [0.25, 0.3) is 0 Å². The van der Waals surface area contributed by atoms with Crippen molar-refractivity contribution in [3.05, 3.63) is 35.1 Å². The minimum Gasteiger partial charge on any atom is -0.383 e. The van der Waals surface area contributed by atoms with Gasteiger partial charge >= 0.3 is 6.18 Å². The number of methoxy groups -OCH3 is 1. The van der Waals surface area contributed by atoms with Gasteiger partial charge < -0.3 is 10.1 Å². The van der Waals surface area contributed by atoms with Crippen LogP contribution in [0.15, 0.2) is 18.2 Å². The summed E-state index contributed by atoms with van der Waals surface area (Å²) in [5, 5.41) is 3.02. The Morgan fingerprint density at radius 1 is 1.30 bits per heavy atom. The number of benzene rings is 1. The number of nitrogens with one attached hydrogen (secondary N) is 1. The first kappa shape index (κ1) is 16.9. The summed E-state index contributed by atoms with van der Waals surface area (Å²) in [5.41, 5.74) is -0.895. The van der Waals surface area contributed by atoms with Crippen LogP contribution in [0.5, 0.6) is 0 Å². The molecule has 0 spiro atoms. The Kier molecular flexibility index (Phi) is 6.42. The second-order valence-corrected chi connectivity index (χ2v) is 4.62. The molecule has 1 atom stereocenters. The SMILES string of the molecule is CCCC(COC)NCc1ccc(F)cc1C(F)(F)F. The molecular formula is C14H19F4NO. The molecule has 20 heavy (non-hydrogen) atoms. The van der Waals surface area contributed by atoms with E-state index in [4.69, 9.17) is 4.74 Å². The molecule has 0 saturated heterocycles. The van der Waals surface area contributed by atoms with Gasteiger partial charge in [-0.15, -0.1) is 0 Å². The van der Waals surface area contributed by atoms with Crippen molar-refractivity contribution in [1.82, 2.24) is 5.32 Å². The Morgan fingerprint density at radius 2 is 2.00 bits per heavy atom. The van der Waals surface area contributed by atoms with Crippen LogP contribution >= 0.6 is 0 Å². The molecule has 1 rings (SSSR count). The highest BCUT2D eigenvalue weighted by Gasteiger charge is 2.33. The number of ether oxygens (including phenoxy) is 1. The summed E-state index contributed by atoms with van der Waals surface area (Å²) in [6.07, 6.45) is -2.85. The maximum Gasteiger partial charge on any atom is 0.416 e. The van der Waals surface area contributed by atoms with Gasteiger partial charge in [-0.1, -0.05) is 19.4 Å². The normalized spacial score (nSPS) is 13.5. The molecule has 0 aliphatic rings. The van der Waals surface area contributed by atoms with Crippen molar-refractivity contribution in [2.75, 3.05) is 13.7 Å². The molecule has 1 unspecified atom stereocenters. The molecule has 0 aliphatic carbocycles. The average molecular weight is 293 g/mol. The van der Waals surface area contributed by atoms with E-state index in [1.807, 2.05) is 6.92 Å². The zero-order chi connectivity index (χ0) is 15.2. The molecule has 0 fully saturated rings. The van der Waals surface area contributed by atoms with Gasteiger partial charge in [0.2, 0.25) is 0 Å². The third-order valence-corrected chi connectivity index (χ3v) is 2.96. The van der Waals surface area contributed by atoms with Crippen LogP contribution in [0.1, 0.15) is 30.9 Å². The van der Waals surface area contributed by atoms with Crippen LogP contribution in [0.25, 0.3) is 0 Å². The molecule has 0 heterocycles. The number of hydrogen-bond donors (Lipinski definition) is 1. The van der Waals surface area contributed by atoms with Crippen LogP contribution < -0.4 is 5.32 Å². The monoisotopic (exact) mass is 293 g/mol. The summed E-state index contributed by atoms with van der Waals surface area (Å²) in [7, 11) is 1.55. The Balaban J connectivity index is 2.81. The predicted molar refractivity (Wildman–Crippen MR) is 68.8 cm³/mol. The van der Waals surface area contributed by atoms with Gasteiger partial charge in [0.15, 0.2) is 0 Å². The number of alkyl halides is 3. The zero-order valence-corrected chi connectivity index (χ0v) is 11.6. The quantitative estimate of drug-likeness (QED) is 0.773. The molecule has 1 aromatic carbocycles. The average Bonchev–Trinajstić information content (AvgIpc) is 2.36. The van der Waals surface area contributed by atoms with E-state index in [0.29, 0.717) is 12.7 Å². The Bertz CT molecular complexity index is 414. The molecule has 1 aromatic rings. The van der Waals surface area contributed by atoms with Gasteiger partial charge in [-0.3, -0.25) is 0 Å². The molecule has 0 aromatic heterocycles. The van der Waals surface area contributed by atoms with Gasteiger partial charge in [0.1, 0.15) is 5.82 Å². The first-order chi connectivity index (χ1) is 9.38. The highest BCUT2D eigenvalue weighted by atomic mass is 19.4. The van der Waals surface area contributed by atoms with E-state index in [0.717, 1.165) is 18.9 Å². The van der Waals surface area contributed by atoms with Gasteiger partial charge in [0.05, 0.1) is 12.2 Å². The standard InChI is InChI=1S/C14H19F4NO/c1-3-4-12(9-20-2)19-8-10-5-6-11(15)7-13(10)14(16,17)18/h5-7,12,19H,3-4,8-9H2,1-2H3. The third-order valence-electron chi connectivity index (χ3n) is 2.96. The molecular weight excluding hydrogens is 274 g/mol. The minimum absolute atomic E-state index is 0.0175. The number of halogens is 4. The molecule has 114 valence electrons. The number of hydrogen-bond acceptors (Lipinski definition) is 2. The van der Waals surface area contributed by atoms with E-state index in [-0.39, 0.29) is 18.2 Å². The highest BCUT2D eigenvalue weighted by molar-refractivity contribution is 5.30. The van der Waals surface area contributed by atoms with Crippen LogP contribution in [0.2, 0.25) is 0 Å². The smallest absolute Gasteiger partial charge is 0.383 e.